The molecule has 0 saturated heterocycles. The van der Waals surface area contributed by atoms with E-state index in [4.69, 9.17) is 11.6 Å². The van der Waals surface area contributed by atoms with E-state index in [2.05, 4.69) is 34.6 Å². The number of rotatable bonds is 7. The molecule has 1 saturated carbocycles. The van der Waals surface area contributed by atoms with Crippen LogP contribution in [0.5, 0.6) is 0 Å². The molecule has 1 aromatic rings. The molecular formula is C14H24ClN3. The molecule has 0 N–H and O–H groups in total. The molecule has 18 heavy (non-hydrogen) atoms. The Hall–Kier alpha value is -0.540. The SMILES string of the molecule is CCc1cc(CN(CCCl)C2CCC2)n(CC)n1. The van der Waals surface area contributed by atoms with Gasteiger partial charge < -0.3 is 0 Å². The van der Waals surface area contributed by atoms with Gasteiger partial charge in [-0.05, 0) is 32.3 Å². The van der Waals surface area contributed by atoms with Crippen LogP contribution in [0.2, 0.25) is 0 Å². The van der Waals surface area contributed by atoms with Crippen molar-refractivity contribution in [2.75, 3.05) is 12.4 Å². The fourth-order valence-electron chi connectivity index (χ4n) is 2.55. The number of aromatic nitrogens is 2. The van der Waals surface area contributed by atoms with Crippen LogP contribution in [-0.2, 0) is 19.5 Å². The van der Waals surface area contributed by atoms with Gasteiger partial charge in [0.1, 0.15) is 0 Å². The minimum Gasteiger partial charge on any atom is -0.293 e. The third kappa shape index (κ3) is 3.07. The fourth-order valence-corrected chi connectivity index (χ4v) is 2.77. The van der Waals surface area contributed by atoms with Crippen LogP contribution in [-0.4, -0.2) is 33.1 Å². The van der Waals surface area contributed by atoms with E-state index in [0.717, 1.165) is 38.0 Å². The second kappa shape index (κ2) is 6.58. The Balaban J connectivity index is 2.06. The average Bonchev–Trinajstić information content (AvgIpc) is 2.69. The van der Waals surface area contributed by atoms with Crippen LogP contribution >= 0.6 is 11.6 Å². The Morgan fingerprint density at radius 3 is 2.72 bits per heavy atom. The molecular weight excluding hydrogens is 246 g/mol. The zero-order chi connectivity index (χ0) is 13.0. The van der Waals surface area contributed by atoms with Gasteiger partial charge in [-0.25, -0.2) is 0 Å². The molecule has 2 rings (SSSR count). The Morgan fingerprint density at radius 1 is 1.44 bits per heavy atom. The molecule has 0 unspecified atom stereocenters. The summed E-state index contributed by atoms with van der Waals surface area (Å²) in [7, 11) is 0. The third-order valence-electron chi connectivity index (χ3n) is 3.90. The predicted octanol–water partition coefficient (Wildman–Crippen LogP) is 3.06. The van der Waals surface area contributed by atoms with Gasteiger partial charge in [-0.15, -0.1) is 11.6 Å². The molecule has 0 spiro atoms. The van der Waals surface area contributed by atoms with Crippen LogP contribution in [0, 0.1) is 0 Å². The highest BCUT2D eigenvalue weighted by Gasteiger charge is 2.25. The molecule has 0 radical (unpaired) electrons. The summed E-state index contributed by atoms with van der Waals surface area (Å²) in [6.45, 7) is 7.26. The number of hydrogen-bond acceptors (Lipinski definition) is 2. The smallest absolute Gasteiger partial charge is 0.0625 e. The van der Waals surface area contributed by atoms with Crippen molar-refractivity contribution in [3.05, 3.63) is 17.5 Å². The minimum absolute atomic E-state index is 0.720. The maximum atomic E-state index is 5.93. The maximum absolute atomic E-state index is 5.93. The first-order valence-corrected chi connectivity index (χ1v) is 7.67. The highest BCUT2D eigenvalue weighted by Crippen LogP contribution is 2.26. The van der Waals surface area contributed by atoms with Crippen LogP contribution in [0.3, 0.4) is 0 Å². The lowest BCUT2D eigenvalue weighted by Crippen LogP contribution is -2.41. The van der Waals surface area contributed by atoms with E-state index >= 15 is 0 Å². The molecule has 1 aliphatic carbocycles. The Labute approximate surface area is 115 Å². The number of aryl methyl sites for hydroxylation is 2. The van der Waals surface area contributed by atoms with Gasteiger partial charge in [0.15, 0.2) is 0 Å². The van der Waals surface area contributed by atoms with Crippen molar-refractivity contribution >= 4 is 11.6 Å². The molecule has 0 aliphatic heterocycles. The topological polar surface area (TPSA) is 21.1 Å². The van der Waals surface area contributed by atoms with E-state index in [-0.39, 0.29) is 0 Å². The van der Waals surface area contributed by atoms with E-state index in [1.165, 1.54) is 30.7 Å². The monoisotopic (exact) mass is 269 g/mol. The average molecular weight is 270 g/mol. The quantitative estimate of drug-likeness (QED) is 0.710. The Kier molecular flexibility index (Phi) is 5.07. The van der Waals surface area contributed by atoms with Crippen LogP contribution in [0.1, 0.15) is 44.5 Å². The summed E-state index contributed by atoms with van der Waals surface area (Å²) < 4.78 is 2.14. The second-order valence-corrected chi connectivity index (χ2v) is 5.42. The predicted molar refractivity (Wildman–Crippen MR) is 76.0 cm³/mol. The van der Waals surface area contributed by atoms with E-state index in [1.54, 1.807) is 0 Å². The van der Waals surface area contributed by atoms with Crippen molar-refractivity contribution in [1.82, 2.24) is 14.7 Å². The largest absolute Gasteiger partial charge is 0.293 e. The fraction of sp³-hybridized carbons (Fsp3) is 0.786. The molecule has 1 heterocycles. The number of alkyl halides is 1. The van der Waals surface area contributed by atoms with Crippen molar-refractivity contribution < 1.29 is 0 Å². The maximum Gasteiger partial charge on any atom is 0.0625 e. The first kappa shape index (κ1) is 13.9. The zero-order valence-corrected chi connectivity index (χ0v) is 12.3. The Morgan fingerprint density at radius 2 is 2.22 bits per heavy atom. The molecule has 0 aromatic carbocycles. The molecule has 0 amide bonds. The lowest BCUT2D eigenvalue weighted by atomic mass is 9.91. The minimum atomic E-state index is 0.720. The van der Waals surface area contributed by atoms with Gasteiger partial charge in [0.25, 0.3) is 0 Å². The van der Waals surface area contributed by atoms with Crippen molar-refractivity contribution in [3.8, 4) is 0 Å². The summed E-state index contributed by atoms with van der Waals surface area (Å²) >= 11 is 5.93. The highest BCUT2D eigenvalue weighted by molar-refractivity contribution is 6.18. The van der Waals surface area contributed by atoms with Crippen molar-refractivity contribution in [3.63, 3.8) is 0 Å². The molecule has 1 aromatic heterocycles. The summed E-state index contributed by atoms with van der Waals surface area (Å²) in [6.07, 6.45) is 5.05. The van der Waals surface area contributed by atoms with Crippen molar-refractivity contribution in [2.45, 2.75) is 58.7 Å². The summed E-state index contributed by atoms with van der Waals surface area (Å²) in [5.74, 6) is 0.720. The highest BCUT2D eigenvalue weighted by atomic mass is 35.5. The number of hydrogen-bond donors (Lipinski definition) is 0. The first-order chi connectivity index (χ1) is 8.78. The summed E-state index contributed by atoms with van der Waals surface area (Å²) in [6, 6.07) is 3.00. The molecule has 3 nitrogen and oxygen atoms in total. The van der Waals surface area contributed by atoms with E-state index < -0.39 is 0 Å². The van der Waals surface area contributed by atoms with Crippen LogP contribution in [0.15, 0.2) is 6.07 Å². The van der Waals surface area contributed by atoms with Crippen LogP contribution < -0.4 is 0 Å². The lowest BCUT2D eigenvalue weighted by molar-refractivity contribution is 0.124. The first-order valence-electron chi connectivity index (χ1n) is 7.14. The van der Waals surface area contributed by atoms with Gasteiger partial charge in [0.05, 0.1) is 11.4 Å². The van der Waals surface area contributed by atoms with Gasteiger partial charge in [-0.1, -0.05) is 13.3 Å². The molecule has 4 heteroatoms. The lowest BCUT2D eigenvalue weighted by Gasteiger charge is -2.37. The number of halogens is 1. The summed E-state index contributed by atoms with van der Waals surface area (Å²) in [5.41, 5.74) is 2.54. The van der Waals surface area contributed by atoms with Gasteiger partial charge in [-0.2, -0.15) is 5.10 Å². The van der Waals surface area contributed by atoms with E-state index in [9.17, 15) is 0 Å². The van der Waals surface area contributed by atoms with Crippen molar-refractivity contribution in [1.29, 1.82) is 0 Å². The normalized spacial score (nSPS) is 16.2. The summed E-state index contributed by atoms with van der Waals surface area (Å²) in [5, 5.41) is 4.62. The molecule has 1 fully saturated rings. The molecule has 0 atom stereocenters. The zero-order valence-electron chi connectivity index (χ0n) is 11.5. The van der Waals surface area contributed by atoms with E-state index in [0.29, 0.717) is 0 Å². The standard InChI is InChI=1S/C14H24ClN3/c1-3-12-10-14(18(4-2)16-12)11-17(9-8-15)13-6-5-7-13/h10,13H,3-9,11H2,1-2H3. The summed E-state index contributed by atoms with van der Waals surface area (Å²) in [4.78, 5) is 2.53. The van der Waals surface area contributed by atoms with Gasteiger partial charge >= 0.3 is 0 Å². The molecule has 0 bridgehead atoms. The van der Waals surface area contributed by atoms with Gasteiger partial charge in [0, 0.05) is 31.6 Å². The van der Waals surface area contributed by atoms with Crippen molar-refractivity contribution in [2.24, 2.45) is 0 Å². The molecule has 102 valence electrons. The molecule has 1 aliphatic rings. The van der Waals surface area contributed by atoms with Gasteiger partial charge in [-0.3, -0.25) is 9.58 Å². The van der Waals surface area contributed by atoms with Crippen LogP contribution in [0.25, 0.3) is 0 Å². The third-order valence-corrected chi connectivity index (χ3v) is 4.07. The van der Waals surface area contributed by atoms with Gasteiger partial charge in [0.2, 0.25) is 0 Å². The Bertz CT molecular complexity index is 371. The van der Waals surface area contributed by atoms with E-state index in [1.807, 2.05) is 0 Å². The van der Waals surface area contributed by atoms with Crippen LogP contribution in [0.4, 0.5) is 0 Å². The number of nitrogens with zero attached hydrogens (tertiary/aromatic N) is 3. The second-order valence-electron chi connectivity index (χ2n) is 5.04.